The van der Waals surface area contributed by atoms with Gasteiger partial charge in [0.25, 0.3) is 5.91 Å². The van der Waals surface area contributed by atoms with Gasteiger partial charge in [-0.25, -0.2) is 19.4 Å². The number of fused-ring (bicyclic) bond motifs is 1. The number of thioether (sulfide) groups is 2. The summed E-state index contributed by atoms with van der Waals surface area (Å²) in [6, 6.07) is 38.9. The maximum Gasteiger partial charge on any atom is 0.408 e. The minimum Gasteiger partial charge on any atom is -0.614 e. The molecule has 3 heterocycles. The van der Waals surface area contributed by atoms with Crippen LogP contribution in [0.5, 0.6) is 0 Å². The number of hydrogen-bond acceptors (Lipinski definition) is 14. The predicted octanol–water partition coefficient (Wildman–Crippen LogP) is 9.60. The number of alkyl carbamates (subject to hydrolysis) is 1. The second kappa shape index (κ2) is 25.0. The summed E-state index contributed by atoms with van der Waals surface area (Å²) in [5.74, 6) is -3.93. The van der Waals surface area contributed by atoms with E-state index in [1.165, 1.54) is 18.0 Å². The van der Waals surface area contributed by atoms with E-state index >= 15 is 0 Å². The van der Waals surface area contributed by atoms with Gasteiger partial charge in [0.2, 0.25) is 17.2 Å². The molecule has 1 saturated heterocycles. The lowest BCUT2D eigenvalue weighted by atomic mass is 10.0. The first-order valence-electron chi connectivity index (χ1n) is 23.3. The van der Waals surface area contributed by atoms with Crippen LogP contribution < -0.4 is 16.0 Å². The molecule has 8 rings (SSSR count). The van der Waals surface area contributed by atoms with Crippen LogP contribution >= 0.6 is 58.1 Å². The van der Waals surface area contributed by atoms with Gasteiger partial charge in [-0.15, -0.1) is 23.5 Å². The van der Waals surface area contributed by atoms with Gasteiger partial charge in [-0.3, -0.25) is 19.3 Å². The number of hydrogen-bond donors (Lipinski definition) is 3. The third kappa shape index (κ3) is 14.1. The summed E-state index contributed by atoms with van der Waals surface area (Å²) in [7, 11) is 0. The predicted molar refractivity (Wildman–Crippen MR) is 293 cm³/mol. The van der Waals surface area contributed by atoms with E-state index in [1.807, 2.05) is 121 Å². The molecule has 0 saturated carbocycles. The fraction of sp³-hybridized carbons (Fsp3) is 0.241. The third-order valence-electron chi connectivity index (χ3n) is 11.3. The number of amides is 4. The van der Waals surface area contributed by atoms with Gasteiger partial charge in [0.15, 0.2) is 23.4 Å². The molecule has 4 unspecified atom stereocenters. The van der Waals surface area contributed by atoms with Gasteiger partial charge in [-0.1, -0.05) is 156 Å². The molecule has 4 atom stereocenters. The lowest BCUT2D eigenvalue weighted by Gasteiger charge is -2.49. The minimum atomic E-state index is -1.85. The maximum atomic E-state index is 14.7. The van der Waals surface area contributed by atoms with Crippen LogP contribution in [0.15, 0.2) is 156 Å². The van der Waals surface area contributed by atoms with Crippen LogP contribution in [0.3, 0.4) is 0 Å². The Hall–Kier alpha value is -6.32. The van der Waals surface area contributed by atoms with Crippen molar-refractivity contribution in [2.45, 2.75) is 60.9 Å². The highest BCUT2D eigenvalue weighted by Crippen LogP contribution is 2.43. The van der Waals surface area contributed by atoms with Gasteiger partial charge in [0.1, 0.15) is 23.1 Å². The number of rotatable bonds is 19. The Balaban J connectivity index is 0.995. The average Bonchev–Trinajstić information content (AvgIpc) is 3.88. The summed E-state index contributed by atoms with van der Waals surface area (Å²) in [5.41, 5.74) is 1.88. The number of esters is 2. The topological polar surface area (TPSA) is 205 Å². The molecule has 388 valence electrons. The summed E-state index contributed by atoms with van der Waals surface area (Å²) in [6.07, 6.45) is -1.16. The van der Waals surface area contributed by atoms with E-state index in [0.717, 1.165) is 28.0 Å². The van der Waals surface area contributed by atoms with Gasteiger partial charge < -0.3 is 34.7 Å². The Morgan fingerprint density at radius 1 is 0.787 bits per heavy atom. The lowest BCUT2D eigenvalue weighted by molar-refractivity contribution is -0.154. The Bertz CT molecular complexity index is 2980. The first kappa shape index (κ1) is 54.9. The Labute approximate surface area is 458 Å². The number of ether oxygens (including phenoxy) is 3. The van der Waals surface area contributed by atoms with E-state index in [-0.39, 0.29) is 39.4 Å². The molecule has 0 radical (unpaired) electrons. The first-order chi connectivity index (χ1) is 36.0. The van der Waals surface area contributed by atoms with Gasteiger partial charge in [0, 0.05) is 16.8 Å². The second-order valence-electron chi connectivity index (χ2n) is 17.9. The number of nitrogens with one attached hydrogen (secondary N) is 3. The Morgan fingerprint density at radius 2 is 1.35 bits per heavy atom. The zero-order valence-corrected chi connectivity index (χ0v) is 45.2. The number of halogens is 2. The van der Waals surface area contributed by atoms with E-state index in [1.54, 1.807) is 39.0 Å². The molecule has 21 heteroatoms. The molecule has 0 spiro atoms. The molecule has 1 fully saturated rings. The molecule has 6 aromatic rings. The summed E-state index contributed by atoms with van der Waals surface area (Å²) in [5, 5.41) is 7.74. The van der Waals surface area contributed by atoms with Gasteiger partial charge in [0.05, 0.1) is 32.0 Å². The molecule has 2 aliphatic rings. The summed E-state index contributed by atoms with van der Waals surface area (Å²) >= 11 is 13.6. The number of benzene rings is 5. The van der Waals surface area contributed by atoms with E-state index in [4.69, 9.17) is 37.4 Å². The molecule has 75 heavy (non-hydrogen) atoms. The third-order valence-corrected chi connectivity index (χ3v) is 16.6. The molecule has 0 bridgehead atoms. The van der Waals surface area contributed by atoms with Crippen molar-refractivity contribution in [3.8, 4) is 0 Å². The van der Waals surface area contributed by atoms with E-state index in [2.05, 4.69) is 20.9 Å². The van der Waals surface area contributed by atoms with Gasteiger partial charge in [-0.05, 0) is 72.4 Å². The molecule has 5 aromatic carbocycles. The van der Waals surface area contributed by atoms with E-state index in [9.17, 15) is 33.3 Å². The maximum absolute atomic E-state index is 14.7. The summed E-state index contributed by atoms with van der Waals surface area (Å²) in [6.45, 7) is 5.07. The minimum absolute atomic E-state index is 0.0788. The van der Waals surface area contributed by atoms with E-state index < -0.39 is 82.2 Å². The molecule has 0 aliphatic carbocycles. The monoisotopic (exact) mass is 1130 g/mol. The van der Waals surface area contributed by atoms with Crippen molar-refractivity contribution in [2.24, 2.45) is 0 Å². The molecule has 4 amide bonds. The van der Waals surface area contributed by atoms with Crippen LogP contribution in [0, 0.1) is 0 Å². The first-order valence-corrected chi connectivity index (χ1v) is 28.4. The van der Waals surface area contributed by atoms with Crippen molar-refractivity contribution in [3.05, 3.63) is 189 Å². The zero-order chi connectivity index (χ0) is 53.2. The van der Waals surface area contributed by atoms with Crippen LogP contribution in [0.25, 0.3) is 5.57 Å². The molecular weight excluding hydrogens is 1080 g/mol. The SMILES string of the molecule is CC(C)(C)OC(=O)NC(CSCC(=O)Nc1ncc(C2=C(C(=O)OC(c3ccccc3)c3ccccc3)N3C(=O)C(NC(=O)CSc4ccc(Cl)c(Cl)c4)C3[S+]([O-])C2)s1)C(=O)OC(c1ccccc1)c1ccccc1. The van der Waals surface area contributed by atoms with Crippen molar-refractivity contribution < 1.29 is 47.5 Å². The standard InChI is InChI=1S/C54H49Cl2N5O10S4/c1-54(2,3)71-53(67)58-40(50(65)69-46(32-16-8-4-9-17-32)33-18-10-5-11-19-33)28-72-29-42(62)60-52-57-27-41(74-52)37-31-75(68)49-44(59-43(63)30-73-36-24-25-38(55)39(56)26-36)48(64)61(49)45(37)51(66)70-47(34-20-12-6-13-21-34)35-22-14-7-15-23-35/h4-27,40,44,46-47,49H,28-31H2,1-3H3,(H,58,67)(H,59,63)(H,57,60,62). The van der Waals surface area contributed by atoms with Crippen LogP contribution in [-0.4, -0.2) is 96.3 Å². The fourth-order valence-electron chi connectivity index (χ4n) is 7.93. The normalized spacial score (nSPS) is 16.6. The van der Waals surface area contributed by atoms with Crippen molar-refractivity contribution >= 4 is 116 Å². The van der Waals surface area contributed by atoms with Crippen molar-refractivity contribution in [1.82, 2.24) is 20.5 Å². The largest absolute Gasteiger partial charge is 0.614 e. The lowest BCUT2D eigenvalue weighted by Crippen LogP contribution is -2.74. The number of anilines is 1. The quantitative estimate of drug-likeness (QED) is 0.0228. The van der Waals surface area contributed by atoms with Crippen molar-refractivity contribution in [2.75, 3.05) is 28.3 Å². The zero-order valence-electron chi connectivity index (χ0n) is 40.4. The molecule has 15 nitrogen and oxygen atoms in total. The van der Waals surface area contributed by atoms with Gasteiger partial charge >= 0.3 is 18.0 Å². The fourth-order valence-corrected chi connectivity index (χ4v) is 12.5. The van der Waals surface area contributed by atoms with Crippen molar-refractivity contribution in [3.63, 3.8) is 0 Å². The summed E-state index contributed by atoms with van der Waals surface area (Å²) in [4.78, 5) is 89.1. The molecule has 1 aromatic heterocycles. The number of aromatic nitrogens is 1. The number of carbonyl (C=O) groups is 6. The average molecular weight is 1130 g/mol. The smallest absolute Gasteiger partial charge is 0.408 e. The van der Waals surface area contributed by atoms with Crippen LogP contribution in [-0.2, 0) is 49.4 Å². The Morgan fingerprint density at radius 3 is 1.89 bits per heavy atom. The highest BCUT2D eigenvalue weighted by molar-refractivity contribution is 8.00. The highest BCUT2D eigenvalue weighted by Gasteiger charge is 2.61. The Kier molecular flexibility index (Phi) is 18.3. The van der Waals surface area contributed by atoms with Crippen LogP contribution in [0.2, 0.25) is 10.0 Å². The number of thiazole rings is 1. The van der Waals surface area contributed by atoms with Crippen LogP contribution in [0.1, 0.15) is 60.1 Å². The number of carbonyl (C=O) groups excluding carboxylic acids is 6. The van der Waals surface area contributed by atoms with Crippen molar-refractivity contribution in [1.29, 1.82) is 0 Å². The highest BCUT2D eigenvalue weighted by atomic mass is 35.5. The summed E-state index contributed by atoms with van der Waals surface area (Å²) < 4.78 is 32.0. The molecule has 2 aliphatic heterocycles. The number of β-lactam (4-membered cyclic amide) rings is 1. The van der Waals surface area contributed by atoms with Gasteiger partial charge in [-0.2, -0.15) is 0 Å². The van der Waals surface area contributed by atoms with Crippen LogP contribution in [0.4, 0.5) is 9.93 Å². The van der Waals surface area contributed by atoms with E-state index in [0.29, 0.717) is 42.1 Å². The second-order valence-corrected chi connectivity index (χ2v) is 23.4. The number of nitrogens with zero attached hydrogens (tertiary/aromatic N) is 2. The molecule has 3 N–H and O–H groups in total. The molecular formula is C54H49Cl2N5O10S4.